The summed E-state index contributed by atoms with van der Waals surface area (Å²) in [7, 11) is 0. The molecule has 1 aliphatic heterocycles. The van der Waals surface area contributed by atoms with Gasteiger partial charge in [0.15, 0.2) is 5.96 Å². The van der Waals surface area contributed by atoms with E-state index in [-0.39, 0.29) is 11.5 Å². The highest BCUT2D eigenvalue weighted by molar-refractivity contribution is 7.11. The molecule has 0 amide bonds. The number of ether oxygens (including phenoxy) is 1. The average Bonchev–Trinajstić information content (AvgIpc) is 2.84. The summed E-state index contributed by atoms with van der Waals surface area (Å²) in [6.45, 7) is 11.2. The third kappa shape index (κ3) is 3.89. The van der Waals surface area contributed by atoms with E-state index in [0.29, 0.717) is 19.1 Å². The van der Waals surface area contributed by atoms with Crippen LogP contribution in [0.5, 0.6) is 0 Å². The van der Waals surface area contributed by atoms with E-state index < -0.39 is 0 Å². The zero-order valence-electron chi connectivity index (χ0n) is 12.6. The first kappa shape index (κ1) is 15.2. The van der Waals surface area contributed by atoms with Crippen LogP contribution in [0.3, 0.4) is 0 Å². The summed E-state index contributed by atoms with van der Waals surface area (Å²) in [5.41, 5.74) is 6.06. The second kappa shape index (κ2) is 6.05. The second-order valence-corrected chi connectivity index (χ2v) is 7.11. The van der Waals surface area contributed by atoms with Crippen LogP contribution in [-0.2, 0) is 16.7 Å². The highest BCUT2D eigenvalue weighted by Gasteiger charge is 2.20. The first-order chi connectivity index (χ1) is 9.36. The fraction of sp³-hybridized carbons (Fsp3) is 0.769. The average molecular weight is 297 g/mol. The summed E-state index contributed by atoms with van der Waals surface area (Å²) in [4.78, 5) is 6.48. The minimum Gasteiger partial charge on any atom is -0.375 e. The van der Waals surface area contributed by atoms with Crippen LogP contribution in [0.2, 0.25) is 0 Å². The van der Waals surface area contributed by atoms with E-state index in [9.17, 15) is 0 Å². The molecule has 20 heavy (non-hydrogen) atoms. The van der Waals surface area contributed by atoms with Crippen LogP contribution < -0.4 is 5.73 Å². The lowest BCUT2D eigenvalue weighted by Crippen LogP contribution is -2.47. The lowest BCUT2D eigenvalue weighted by molar-refractivity contribution is 0.00528. The maximum Gasteiger partial charge on any atom is 0.191 e. The summed E-state index contributed by atoms with van der Waals surface area (Å²) in [5.74, 6) is 0.563. The van der Waals surface area contributed by atoms with Crippen molar-refractivity contribution in [3.05, 3.63) is 10.0 Å². The summed E-state index contributed by atoms with van der Waals surface area (Å²) in [6.07, 6.45) is 0.200. The summed E-state index contributed by atoms with van der Waals surface area (Å²) in [5, 5.41) is 10.3. The smallest absolute Gasteiger partial charge is 0.191 e. The normalized spacial score (nSPS) is 21.3. The van der Waals surface area contributed by atoms with Gasteiger partial charge in [-0.1, -0.05) is 32.1 Å². The summed E-state index contributed by atoms with van der Waals surface area (Å²) >= 11 is 1.60. The number of guanidine groups is 1. The van der Waals surface area contributed by atoms with Gasteiger partial charge in [0.2, 0.25) is 0 Å². The van der Waals surface area contributed by atoms with E-state index in [0.717, 1.165) is 23.1 Å². The molecule has 0 saturated carbocycles. The molecule has 1 aromatic heterocycles. The number of nitrogens with two attached hydrogens (primary N) is 1. The van der Waals surface area contributed by atoms with Crippen LogP contribution in [0.1, 0.15) is 37.7 Å². The maximum absolute atomic E-state index is 6.03. The molecular formula is C13H23N5OS. The van der Waals surface area contributed by atoms with Gasteiger partial charge in [-0.15, -0.1) is 10.2 Å². The molecule has 2 rings (SSSR count). The van der Waals surface area contributed by atoms with E-state index in [1.54, 1.807) is 11.3 Å². The number of rotatable bonds is 2. The third-order valence-corrected chi connectivity index (χ3v) is 4.38. The molecule has 0 aromatic carbocycles. The fourth-order valence-corrected chi connectivity index (χ4v) is 2.72. The molecule has 6 nitrogen and oxygen atoms in total. The van der Waals surface area contributed by atoms with E-state index in [4.69, 9.17) is 10.5 Å². The summed E-state index contributed by atoms with van der Waals surface area (Å²) < 4.78 is 5.49. The standard InChI is InChI=1S/C13H23N5OS/c1-9-8-18(5-6-19-9)12(14)15-7-10-16-17-11(20-10)13(2,3)4/h9H,5-8H2,1-4H3,(H2,14,15). The zero-order valence-corrected chi connectivity index (χ0v) is 13.4. The molecule has 1 aromatic rings. The van der Waals surface area contributed by atoms with Crippen molar-refractivity contribution in [1.29, 1.82) is 0 Å². The molecule has 7 heteroatoms. The van der Waals surface area contributed by atoms with Crippen LogP contribution in [0.15, 0.2) is 4.99 Å². The van der Waals surface area contributed by atoms with Crippen molar-refractivity contribution in [2.75, 3.05) is 19.7 Å². The van der Waals surface area contributed by atoms with Crippen molar-refractivity contribution in [3.63, 3.8) is 0 Å². The van der Waals surface area contributed by atoms with E-state index >= 15 is 0 Å². The van der Waals surface area contributed by atoms with Gasteiger partial charge in [0.25, 0.3) is 0 Å². The monoisotopic (exact) mass is 297 g/mol. The fourth-order valence-electron chi connectivity index (χ4n) is 1.90. The van der Waals surface area contributed by atoms with E-state index in [2.05, 4.69) is 40.9 Å². The molecule has 1 aliphatic rings. The largest absolute Gasteiger partial charge is 0.375 e. The van der Waals surface area contributed by atoms with E-state index in [1.807, 2.05) is 6.92 Å². The minimum atomic E-state index is 0.0326. The SMILES string of the molecule is CC1CN(C(N)=NCc2nnc(C(C)(C)C)s2)CCO1. The topological polar surface area (TPSA) is 76.6 Å². The Morgan fingerprint density at radius 1 is 1.50 bits per heavy atom. The number of hydrogen-bond acceptors (Lipinski definition) is 5. The lowest BCUT2D eigenvalue weighted by atomic mass is 9.98. The molecule has 1 saturated heterocycles. The molecule has 1 fully saturated rings. The minimum absolute atomic E-state index is 0.0326. The van der Waals surface area contributed by atoms with Crippen LogP contribution >= 0.6 is 11.3 Å². The molecule has 0 spiro atoms. The van der Waals surface area contributed by atoms with Crippen LogP contribution in [0, 0.1) is 0 Å². The molecule has 1 unspecified atom stereocenters. The first-order valence-corrected chi connectivity index (χ1v) is 7.67. The quantitative estimate of drug-likeness (QED) is 0.659. The number of morpholine rings is 1. The molecule has 0 bridgehead atoms. The van der Waals surface area contributed by atoms with Crippen molar-refractivity contribution in [1.82, 2.24) is 15.1 Å². The van der Waals surface area contributed by atoms with Crippen molar-refractivity contribution in [3.8, 4) is 0 Å². The zero-order chi connectivity index (χ0) is 14.8. The lowest BCUT2D eigenvalue weighted by Gasteiger charge is -2.31. The van der Waals surface area contributed by atoms with Gasteiger partial charge in [-0.3, -0.25) is 0 Å². The van der Waals surface area contributed by atoms with Crippen molar-refractivity contribution >= 4 is 17.3 Å². The van der Waals surface area contributed by atoms with E-state index in [1.165, 1.54) is 0 Å². The molecular weight excluding hydrogens is 274 g/mol. The van der Waals surface area contributed by atoms with Gasteiger partial charge in [-0.25, -0.2) is 4.99 Å². The Bertz CT molecular complexity index is 479. The number of hydrogen-bond donors (Lipinski definition) is 1. The van der Waals surface area contributed by atoms with Gasteiger partial charge >= 0.3 is 0 Å². The van der Waals surface area contributed by atoms with Gasteiger partial charge in [0, 0.05) is 18.5 Å². The molecule has 1 atom stereocenters. The van der Waals surface area contributed by atoms with Crippen molar-refractivity contribution < 1.29 is 4.74 Å². The Labute approximate surface area is 124 Å². The van der Waals surface area contributed by atoms with Crippen molar-refractivity contribution in [2.24, 2.45) is 10.7 Å². The number of nitrogens with zero attached hydrogens (tertiary/aromatic N) is 4. The summed E-state index contributed by atoms with van der Waals surface area (Å²) in [6, 6.07) is 0. The first-order valence-electron chi connectivity index (χ1n) is 6.85. The van der Waals surface area contributed by atoms with Crippen LogP contribution in [0.4, 0.5) is 0 Å². The Balaban J connectivity index is 1.96. The predicted molar refractivity (Wildman–Crippen MR) is 80.9 cm³/mol. The Morgan fingerprint density at radius 3 is 2.85 bits per heavy atom. The third-order valence-electron chi connectivity index (χ3n) is 3.05. The molecule has 2 heterocycles. The number of aromatic nitrogens is 2. The maximum atomic E-state index is 6.03. The highest BCUT2D eigenvalue weighted by atomic mass is 32.1. The Hall–Kier alpha value is -1.21. The van der Waals surface area contributed by atoms with Gasteiger partial charge < -0.3 is 15.4 Å². The predicted octanol–water partition coefficient (Wildman–Crippen LogP) is 1.37. The molecule has 0 radical (unpaired) electrons. The van der Waals surface area contributed by atoms with Gasteiger partial charge in [0.1, 0.15) is 10.0 Å². The Morgan fingerprint density at radius 2 is 2.25 bits per heavy atom. The molecule has 0 aliphatic carbocycles. The van der Waals surface area contributed by atoms with Gasteiger partial charge in [-0.05, 0) is 6.92 Å². The van der Waals surface area contributed by atoms with Gasteiger partial charge in [0.05, 0.1) is 19.3 Å². The highest BCUT2D eigenvalue weighted by Crippen LogP contribution is 2.25. The number of aliphatic imine (C=N–C) groups is 1. The molecule has 2 N–H and O–H groups in total. The second-order valence-electron chi connectivity index (χ2n) is 6.05. The van der Waals surface area contributed by atoms with Crippen LogP contribution in [0.25, 0.3) is 0 Å². The Kier molecular flexibility index (Phi) is 4.59. The van der Waals surface area contributed by atoms with Gasteiger partial charge in [-0.2, -0.15) is 0 Å². The molecule has 112 valence electrons. The van der Waals surface area contributed by atoms with Crippen LogP contribution in [-0.4, -0.2) is 46.9 Å². The van der Waals surface area contributed by atoms with Crippen molar-refractivity contribution in [2.45, 2.75) is 45.8 Å².